The van der Waals surface area contributed by atoms with Crippen LogP contribution in [0.5, 0.6) is 11.5 Å². The van der Waals surface area contributed by atoms with Gasteiger partial charge in [-0.2, -0.15) is 4.39 Å². The topological polar surface area (TPSA) is 78.4 Å². The summed E-state index contributed by atoms with van der Waals surface area (Å²) < 4.78 is 32.0. The number of hydrogen-bond acceptors (Lipinski definition) is 7. The van der Waals surface area contributed by atoms with E-state index in [1.54, 1.807) is 32.5 Å². The van der Waals surface area contributed by atoms with Crippen molar-refractivity contribution in [3.8, 4) is 22.8 Å². The zero-order chi connectivity index (χ0) is 28.2. The van der Waals surface area contributed by atoms with Crippen LogP contribution in [0.1, 0.15) is 32.8 Å². The van der Waals surface area contributed by atoms with Crippen molar-refractivity contribution in [2.75, 3.05) is 26.1 Å². The first-order chi connectivity index (χ1) is 18.5. The number of methoxy groups -OCH3 is 2. The van der Waals surface area contributed by atoms with E-state index in [2.05, 4.69) is 54.1 Å². The van der Waals surface area contributed by atoms with E-state index in [9.17, 15) is 4.39 Å². The second-order valence-electron chi connectivity index (χ2n) is 11.0. The number of ether oxygens (including phenoxy) is 2. The number of hydrogen-bond donors (Lipinski definition) is 1. The maximum absolute atomic E-state index is 14.3. The Kier molecular flexibility index (Phi) is 8.51. The molecule has 2 heterocycles. The van der Waals surface area contributed by atoms with Crippen molar-refractivity contribution >= 4 is 30.7 Å². The van der Waals surface area contributed by atoms with Crippen molar-refractivity contribution in [2.24, 2.45) is 0 Å². The Morgan fingerprint density at radius 1 is 0.974 bits per heavy atom. The van der Waals surface area contributed by atoms with Gasteiger partial charge >= 0.3 is 0 Å². The fraction of sp³-hybridized carbons (Fsp3) is 0.367. The molecule has 0 unspecified atom stereocenters. The molecule has 39 heavy (non-hydrogen) atoms. The maximum atomic E-state index is 14.3. The molecule has 0 aliphatic rings. The first-order valence-corrected chi connectivity index (χ1v) is 16.0. The summed E-state index contributed by atoms with van der Waals surface area (Å²) >= 11 is 0. The van der Waals surface area contributed by atoms with Crippen molar-refractivity contribution in [3.63, 3.8) is 0 Å². The molecule has 1 N–H and O–H groups in total. The number of nitrogens with zero attached hydrogens (tertiary/aromatic N) is 3. The second-order valence-corrected chi connectivity index (χ2v) is 15.8. The third kappa shape index (κ3) is 6.54. The third-order valence-electron chi connectivity index (χ3n) is 7.33. The number of anilines is 2. The first kappa shape index (κ1) is 28.4. The molecule has 0 bridgehead atoms. The van der Waals surface area contributed by atoms with Gasteiger partial charge < -0.3 is 19.2 Å². The van der Waals surface area contributed by atoms with E-state index in [0.717, 1.165) is 35.5 Å². The van der Waals surface area contributed by atoms with Gasteiger partial charge in [-0.3, -0.25) is 4.98 Å². The normalized spacial score (nSPS) is 12.0. The highest BCUT2D eigenvalue weighted by Gasteiger charge is 2.36. The lowest BCUT2D eigenvalue weighted by Crippen LogP contribution is -2.41. The van der Waals surface area contributed by atoms with Gasteiger partial charge in [0.25, 0.3) is 0 Å². The van der Waals surface area contributed by atoms with Gasteiger partial charge in [0.2, 0.25) is 5.95 Å². The van der Waals surface area contributed by atoms with Gasteiger partial charge in [0.1, 0.15) is 11.5 Å². The van der Waals surface area contributed by atoms with Gasteiger partial charge in [-0.05, 0) is 61.3 Å². The van der Waals surface area contributed by atoms with Crippen LogP contribution in [0.15, 0.2) is 54.9 Å². The lowest BCUT2D eigenvalue weighted by atomic mass is 10.0. The van der Waals surface area contributed by atoms with Gasteiger partial charge in [0, 0.05) is 41.9 Å². The summed E-state index contributed by atoms with van der Waals surface area (Å²) in [6.45, 7) is 12.0. The van der Waals surface area contributed by atoms with Crippen LogP contribution >= 0.6 is 0 Å². The van der Waals surface area contributed by atoms with Crippen LogP contribution < -0.4 is 14.8 Å². The SMILES string of the molecule is COc1cc(Nc2ccc3ncc(-c4cccnc4F)nc3c2)c(CCCO[Si](C)(C)C(C)(C)C)c(OC)c1. The van der Waals surface area contributed by atoms with Crippen LogP contribution in [-0.4, -0.2) is 44.1 Å². The summed E-state index contributed by atoms with van der Waals surface area (Å²) in [5.41, 5.74) is 4.81. The van der Waals surface area contributed by atoms with Gasteiger partial charge in [-0.25, -0.2) is 9.97 Å². The molecule has 0 aliphatic heterocycles. The summed E-state index contributed by atoms with van der Waals surface area (Å²) in [7, 11) is 1.48. The minimum Gasteiger partial charge on any atom is -0.497 e. The minimum atomic E-state index is -1.82. The van der Waals surface area contributed by atoms with E-state index >= 15 is 0 Å². The highest BCUT2D eigenvalue weighted by molar-refractivity contribution is 6.74. The Hall–Kier alpha value is -3.56. The Labute approximate surface area is 230 Å². The Morgan fingerprint density at radius 3 is 2.46 bits per heavy atom. The van der Waals surface area contributed by atoms with E-state index in [0.29, 0.717) is 34.6 Å². The van der Waals surface area contributed by atoms with E-state index in [1.807, 2.05) is 30.3 Å². The zero-order valence-corrected chi connectivity index (χ0v) is 24.8. The zero-order valence-electron chi connectivity index (χ0n) is 23.8. The highest BCUT2D eigenvalue weighted by Crippen LogP contribution is 2.38. The lowest BCUT2D eigenvalue weighted by Gasteiger charge is -2.36. The molecule has 0 saturated carbocycles. The third-order valence-corrected chi connectivity index (χ3v) is 11.9. The summed E-state index contributed by atoms with van der Waals surface area (Å²) in [6.07, 6.45) is 4.59. The summed E-state index contributed by atoms with van der Waals surface area (Å²) in [4.78, 5) is 12.9. The van der Waals surface area contributed by atoms with Crippen LogP contribution in [0.25, 0.3) is 22.3 Å². The maximum Gasteiger partial charge on any atom is 0.222 e. The average Bonchev–Trinajstić information content (AvgIpc) is 2.90. The van der Waals surface area contributed by atoms with E-state index < -0.39 is 14.3 Å². The highest BCUT2D eigenvalue weighted by atomic mass is 28.4. The Balaban J connectivity index is 1.61. The number of halogens is 1. The van der Waals surface area contributed by atoms with Crippen LogP contribution in [0, 0.1) is 5.95 Å². The number of aromatic nitrogens is 3. The molecule has 0 fully saturated rings. The fourth-order valence-electron chi connectivity index (χ4n) is 4.03. The number of fused-ring (bicyclic) bond motifs is 1. The van der Waals surface area contributed by atoms with Crippen LogP contribution in [0.3, 0.4) is 0 Å². The standard InChI is InChI=1S/C30H37FN4O3Si/c1-30(2,3)39(6,7)38-15-9-11-22-25(17-21(36-4)18-28(22)37-5)34-20-12-13-24-26(16-20)35-27(19-33-24)23-10-8-14-32-29(23)31/h8,10,12-14,16-19,34H,9,11,15H2,1-7H3. The lowest BCUT2D eigenvalue weighted by molar-refractivity contribution is 0.282. The predicted octanol–water partition coefficient (Wildman–Crippen LogP) is 7.55. The summed E-state index contributed by atoms with van der Waals surface area (Å²) in [5.74, 6) is 0.857. The molecule has 0 saturated heterocycles. The van der Waals surface area contributed by atoms with Crippen LogP contribution in [-0.2, 0) is 10.8 Å². The number of pyridine rings is 1. The molecule has 0 atom stereocenters. The van der Waals surface area contributed by atoms with E-state index in [4.69, 9.17) is 13.9 Å². The van der Waals surface area contributed by atoms with Crippen LogP contribution in [0.2, 0.25) is 18.1 Å². The van der Waals surface area contributed by atoms with Gasteiger partial charge in [0.15, 0.2) is 8.32 Å². The average molecular weight is 549 g/mol. The molecule has 2 aromatic heterocycles. The molecule has 2 aromatic carbocycles. The molecule has 0 amide bonds. The van der Waals surface area contributed by atoms with Crippen LogP contribution in [0.4, 0.5) is 15.8 Å². The van der Waals surface area contributed by atoms with Crippen molar-refractivity contribution < 1.29 is 18.3 Å². The molecular weight excluding hydrogens is 511 g/mol. The van der Waals surface area contributed by atoms with Crippen molar-refractivity contribution in [1.82, 2.24) is 15.0 Å². The number of benzene rings is 2. The van der Waals surface area contributed by atoms with E-state index in [-0.39, 0.29) is 5.04 Å². The minimum absolute atomic E-state index is 0.166. The molecule has 9 heteroatoms. The molecule has 7 nitrogen and oxygen atoms in total. The molecular formula is C30H37FN4O3Si. The predicted molar refractivity (Wildman–Crippen MR) is 157 cm³/mol. The summed E-state index contributed by atoms with van der Waals surface area (Å²) in [5, 5.41) is 3.69. The fourth-order valence-corrected chi connectivity index (χ4v) is 5.12. The molecule has 4 rings (SSSR count). The number of rotatable bonds is 10. The smallest absolute Gasteiger partial charge is 0.222 e. The Morgan fingerprint density at radius 2 is 1.77 bits per heavy atom. The van der Waals surface area contributed by atoms with E-state index in [1.165, 1.54) is 6.20 Å². The second kappa shape index (κ2) is 11.7. The molecule has 4 aromatic rings. The van der Waals surface area contributed by atoms with Gasteiger partial charge in [-0.1, -0.05) is 20.8 Å². The molecule has 0 spiro atoms. The van der Waals surface area contributed by atoms with Crippen molar-refractivity contribution in [3.05, 3.63) is 66.4 Å². The monoisotopic (exact) mass is 548 g/mol. The molecule has 0 aliphatic carbocycles. The van der Waals surface area contributed by atoms with Crippen molar-refractivity contribution in [1.29, 1.82) is 0 Å². The molecule has 206 valence electrons. The van der Waals surface area contributed by atoms with Gasteiger partial charge in [0.05, 0.1) is 42.7 Å². The largest absolute Gasteiger partial charge is 0.497 e. The molecule has 0 radical (unpaired) electrons. The Bertz CT molecular complexity index is 1460. The summed E-state index contributed by atoms with van der Waals surface area (Å²) in [6, 6.07) is 12.9. The first-order valence-electron chi connectivity index (χ1n) is 13.1. The van der Waals surface area contributed by atoms with Crippen molar-refractivity contribution in [2.45, 2.75) is 51.7 Å². The van der Waals surface area contributed by atoms with Gasteiger partial charge in [-0.15, -0.1) is 0 Å². The number of nitrogens with one attached hydrogen (secondary N) is 1. The quantitative estimate of drug-likeness (QED) is 0.125.